The van der Waals surface area contributed by atoms with E-state index in [1.165, 1.54) is 25.1 Å². The van der Waals surface area contributed by atoms with Crippen LogP contribution in [0, 0.1) is 0 Å². The summed E-state index contributed by atoms with van der Waals surface area (Å²) in [6.07, 6.45) is 1.97. The van der Waals surface area contributed by atoms with E-state index in [0.29, 0.717) is 0 Å². The summed E-state index contributed by atoms with van der Waals surface area (Å²) in [5, 5.41) is 2.97. The largest absolute Gasteiger partial charge is 0.449 e. The zero-order chi connectivity index (χ0) is 24.4. The van der Waals surface area contributed by atoms with Crippen molar-refractivity contribution in [3.63, 3.8) is 0 Å². The first-order valence-corrected chi connectivity index (χ1v) is 10.9. The summed E-state index contributed by atoms with van der Waals surface area (Å²) in [6, 6.07) is 12.2. The lowest BCUT2D eigenvalue weighted by Crippen LogP contribution is -2.30. The van der Waals surface area contributed by atoms with E-state index in [4.69, 9.17) is 27.9 Å². The maximum absolute atomic E-state index is 12.8. The third-order valence-corrected chi connectivity index (χ3v) is 5.98. The number of ether oxygens (including phenoxy) is 1. The van der Waals surface area contributed by atoms with Gasteiger partial charge in [0.25, 0.3) is 17.7 Å². The van der Waals surface area contributed by atoms with Crippen LogP contribution in [-0.2, 0) is 16.1 Å². The average molecular weight is 498 g/mol. The maximum Gasteiger partial charge on any atom is 0.338 e. The Hall–Kier alpha value is -3.75. The van der Waals surface area contributed by atoms with Crippen molar-refractivity contribution >= 4 is 52.6 Å². The molecule has 1 aliphatic heterocycles. The number of hydrogen-bond donors (Lipinski definition) is 1. The molecule has 1 aliphatic rings. The van der Waals surface area contributed by atoms with Gasteiger partial charge in [-0.15, -0.1) is 0 Å². The van der Waals surface area contributed by atoms with E-state index in [1.54, 1.807) is 42.7 Å². The van der Waals surface area contributed by atoms with Crippen molar-refractivity contribution < 1.29 is 23.9 Å². The highest BCUT2D eigenvalue weighted by Crippen LogP contribution is 2.30. The van der Waals surface area contributed by atoms with Crippen LogP contribution < -0.4 is 5.32 Å². The van der Waals surface area contributed by atoms with Gasteiger partial charge in [0.15, 0.2) is 6.10 Å². The molecule has 0 spiro atoms. The van der Waals surface area contributed by atoms with Gasteiger partial charge in [-0.25, -0.2) is 4.79 Å². The van der Waals surface area contributed by atoms with Crippen molar-refractivity contribution in [1.82, 2.24) is 9.88 Å². The third kappa shape index (κ3) is 4.64. The lowest BCUT2D eigenvalue weighted by atomic mass is 10.1. The highest BCUT2D eigenvalue weighted by Gasteiger charge is 2.36. The van der Waals surface area contributed by atoms with Crippen LogP contribution in [-0.4, -0.2) is 39.7 Å². The highest BCUT2D eigenvalue weighted by atomic mass is 35.5. The van der Waals surface area contributed by atoms with E-state index in [9.17, 15) is 19.2 Å². The van der Waals surface area contributed by atoms with E-state index >= 15 is 0 Å². The Morgan fingerprint density at radius 2 is 1.74 bits per heavy atom. The molecule has 0 saturated heterocycles. The minimum Gasteiger partial charge on any atom is -0.449 e. The van der Waals surface area contributed by atoms with Gasteiger partial charge < -0.3 is 10.1 Å². The molecule has 172 valence electrons. The predicted octanol–water partition coefficient (Wildman–Crippen LogP) is 4.37. The third-order valence-electron chi connectivity index (χ3n) is 5.16. The van der Waals surface area contributed by atoms with Crippen LogP contribution in [0.4, 0.5) is 5.69 Å². The van der Waals surface area contributed by atoms with Crippen molar-refractivity contribution in [3.8, 4) is 0 Å². The SMILES string of the molecule is C[C@@H](OC(=O)c1ccc2c(c1)C(=O)N(Cc1ccncc1)C2=O)C(=O)Nc1cccc(Cl)c1Cl. The smallest absolute Gasteiger partial charge is 0.338 e. The molecular weight excluding hydrogens is 481 g/mol. The van der Waals surface area contributed by atoms with Crippen LogP contribution in [0.15, 0.2) is 60.9 Å². The highest BCUT2D eigenvalue weighted by molar-refractivity contribution is 6.44. The zero-order valence-corrected chi connectivity index (χ0v) is 19.3. The lowest BCUT2D eigenvalue weighted by Gasteiger charge is -2.15. The maximum atomic E-state index is 12.8. The lowest BCUT2D eigenvalue weighted by molar-refractivity contribution is -0.123. The van der Waals surface area contributed by atoms with Gasteiger partial charge in [0.05, 0.1) is 39.0 Å². The Kier molecular flexibility index (Phi) is 6.63. The Bertz CT molecular complexity index is 1310. The van der Waals surface area contributed by atoms with Crippen LogP contribution in [0.5, 0.6) is 0 Å². The molecule has 8 nitrogen and oxygen atoms in total. The van der Waals surface area contributed by atoms with Gasteiger partial charge in [0.1, 0.15) is 0 Å². The molecule has 34 heavy (non-hydrogen) atoms. The number of fused-ring (bicyclic) bond motifs is 1. The Morgan fingerprint density at radius 1 is 1.03 bits per heavy atom. The fourth-order valence-electron chi connectivity index (χ4n) is 3.35. The van der Waals surface area contributed by atoms with E-state index in [2.05, 4.69) is 10.3 Å². The van der Waals surface area contributed by atoms with Crippen molar-refractivity contribution in [2.45, 2.75) is 19.6 Å². The monoisotopic (exact) mass is 497 g/mol. The zero-order valence-electron chi connectivity index (χ0n) is 17.7. The van der Waals surface area contributed by atoms with Gasteiger partial charge in [-0.2, -0.15) is 0 Å². The van der Waals surface area contributed by atoms with Crippen LogP contribution >= 0.6 is 23.2 Å². The summed E-state index contributed by atoms with van der Waals surface area (Å²) in [5.74, 6) is -2.42. The molecule has 0 radical (unpaired) electrons. The molecule has 0 fully saturated rings. The molecule has 1 aromatic heterocycles. The number of nitrogens with one attached hydrogen (secondary N) is 1. The van der Waals surface area contributed by atoms with Gasteiger partial charge in [-0.1, -0.05) is 29.3 Å². The number of carbonyl (C=O) groups excluding carboxylic acids is 4. The van der Waals surface area contributed by atoms with Crippen LogP contribution in [0.2, 0.25) is 10.0 Å². The van der Waals surface area contributed by atoms with E-state index in [-0.39, 0.29) is 39.0 Å². The van der Waals surface area contributed by atoms with E-state index < -0.39 is 29.8 Å². The molecule has 2 aromatic carbocycles. The topological polar surface area (TPSA) is 106 Å². The van der Waals surface area contributed by atoms with Gasteiger partial charge in [-0.05, 0) is 55.0 Å². The fraction of sp³-hybridized carbons (Fsp3) is 0.125. The first-order valence-electron chi connectivity index (χ1n) is 10.1. The molecule has 10 heteroatoms. The van der Waals surface area contributed by atoms with Crippen molar-refractivity contribution in [1.29, 1.82) is 0 Å². The first kappa shape index (κ1) is 23.4. The number of pyridine rings is 1. The van der Waals surface area contributed by atoms with Gasteiger partial charge in [-0.3, -0.25) is 24.3 Å². The second-order valence-corrected chi connectivity index (χ2v) is 8.24. The van der Waals surface area contributed by atoms with Crippen LogP contribution in [0.1, 0.15) is 43.6 Å². The van der Waals surface area contributed by atoms with E-state index in [1.807, 2.05) is 0 Å². The summed E-state index contributed by atoms with van der Waals surface area (Å²) >= 11 is 12.0. The number of carbonyl (C=O) groups is 4. The Labute approximate surface area is 204 Å². The van der Waals surface area contributed by atoms with Crippen molar-refractivity contribution in [3.05, 3.63) is 93.2 Å². The number of benzene rings is 2. The first-order chi connectivity index (χ1) is 16.3. The summed E-state index contributed by atoms with van der Waals surface area (Å²) in [6.45, 7) is 1.47. The summed E-state index contributed by atoms with van der Waals surface area (Å²) in [4.78, 5) is 55.6. The summed E-state index contributed by atoms with van der Waals surface area (Å²) < 4.78 is 5.24. The molecular formula is C24H17Cl2N3O5. The molecule has 0 saturated carbocycles. The Balaban J connectivity index is 1.45. The second-order valence-electron chi connectivity index (χ2n) is 7.45. The second kappa shape index (κ2) is 9.62. The number of amides is 3. The van der Waals surface area contributed by atoms with Crippen molar-refractivity contribution in [2.24, 2.45) is 0 Å². The van der Waals surface area contributed by atoms with E-state index in [0.717, 1.165) is 10.5 Å². The van der Waals surface area contributed by atoms with Gasteiger partial charge >= 0.3 is 5.97 Å². The number of anilines is 1. The minimum absolute atomic E-state index is 0.0334. The molecule has 2 heterocycles. The Morgan fingerprint density at radius 3 is 2.47 bits per heavy atom. The molecule has 3 aromatic rings. The number of hydrogen-bond acceptors (Lipinski definition) is 6. The number of rotatable bonds is 6. The molecule has 0 aliphatic carbocycles. The van der Waals surface area contributed by atoms with Gasteiger partial charge in [0, 0.05) is 12.4 Å². The van der Waals surface area contributed by atoms with Gasteiger partial charge in [0.2, 0.25) is 0 Å². The number of halogens is 2. The molecule has 1 atom stereocenters. The predicted molar refractivity (Wildman–Crippen MR) is 125 cm³/mol. The quantitative estimate of drug-likeness (QED) is 0.400. The molecule has 0 unspecified atom stereocenters. The standard InChI is InChI=1S/C24H17Cl2N3O5/c1-13(21(30)28-19-4-2-3-18(25)20(19)26)34-24(33)15-5-6-16-17(11-15)23(32)29(22(16)31)12-14-7-9-27-10-8-14/h2-11,13H,12H2,1H3,(H,28,30)/t13-/m1/s1. The fourth-order valence-corrected chi connectivity index (χ4v) is 3.70. The number of nitrogens with zero attached hydrogens (tertiary/aromatic N) is 2. The molecule has 1 N–H and O–H groups in total. The normalized spacial score (nSPS) is 13.4. The number of esters is 1. The molecule has 4 rings (SSSR count). The molecule has 3 amide bonds. The summed E-state index contributed by atoms with van der Waals surface area (Å²) in [5.41, 5.74) is 1.33. The van der Waals surface area contributed by atoms with Crippen LogP contribution in [0.25, 0.3) is 0 Å². The minimum atomic E-state index is -1.17. The number of imide groups is 1. The molecule has 0 bridgehead atoms. The average Bonchev–Trinajstić information content (AvgIpc) is 3.06. The van der Waals surface area contributed by atoms with Crippen molar-refractivity contribution in [2.75, 3.05) is 5.32 Å². The number of aromatic nitrogens is 1. The van der Waals surface area contributed by atoms with Crippen LogP contribution in [0.3, 0.4) is 0 Å². The summed E-state index contributed by atoms with van der Waals surface area (Å²) in [7, 11) is 0.